The fraction of sp³-hybridized carbons (Fsp3) is 0.375. The number of likely N-dealkylation sites (N-methyl/N-ethyl adjacent to an activating group) is 1. The Bertz CT molecular complexity index is 441. The van der Waals surface area contributed by atoms with Crippen LogP contribution in [0.3, 0.4) is 0 Å². The van der Waals surface area contributed by atoms with E-state index in [9.17, 15) is 0 Å². The molecule has 96 valence electrons. The van der Waals surface area contributed by atoms with Gasteiger partial charge in [-0.05, 0) is 36.7 Å². The summed E-state index contributed by atoms with van der Waals surface area (Å²) < 4.78 is 0. The van der Waals surface area contributed by atoms with Gasteiger partial charge in [-0.15, -0.1) is 0 Å². The maximum absolute atomic E-state index is 2.34. The summed E-state index contributed by atoms with van der Waals surface area (Å²) in [7, 11) is 6.29. The lowest BCUT2D eigenvalue weighted by Crippen LogP contribution is -2.23. The van der Waals surface area contributed by atoms with Crippen LogP contribution in [0.4, 0.5) is 5.69 Å². The summed E-state index contributed by atoms with van der Waals surface area (Å²) in [4.78, 5) is 4.45. The van der Waals surface area contributed by atoms with Gasteiger partial charge >= 0.3 is 0 Å². The molecular weight excluding hydrogens is 220 g/mol. The summed E-state index contributed by atoms with van der Waals surface area (Å²) in [5.41, 5.74) is 3.95. The van der Waals surface area contributed by atoms with E-state index in [4.69, 9.17) is 0 Å². The molecule has 0 aliphatic carbocycles. The fourth-order valence-corrected chi connectivity index (χ4v) is 2.02. The van der Waals surface area contributed by atoms with Crippen LogP contribution < -0.4 is 4.90 Å². The standard InChI is InChI=1S/C16H22N2/c1-17(2)16-8-6-14(7-9-16)4-5-15-10-12-18(3)13-11-15/h4-10H,11-13H2,1-3H3/b5-4+. The molecule has 0 amide bonds. The van der Waals surface area contributed by atoms with Crippen molar-refractivity contribution in [3.8, 4) is 0 Å². The zero-order valence-corrected chi connectivity index (χ0v) is 11.6. The Labute approximate surface area is 110 Å². The molecule has 0 fully saturated rings. The van der Waals surface area contributed by atoms with Gasteiger partial charge in [-0.3, -0.25) is 0 Å². The van der Waals surface area contributed by atoms with E-state index >= 15 is 0 Å². The molecule has 18 heavy (non-hydrogen) atoms. The molecule has 1 aromatic rings. The van der Waals surface area contributed by atoms with Crippen molar-refractivity contribution in [3.63, 3.8) is 0 Å². The average Bonchev–Trinajstić information content (AvgIpc) is 2.38. The third-order valence-corrected chi connectivity index (χ3v) is 3.35. The molecular formula is C16H22N2. The second-order valence-electron chi connectivity index (χ2n) is 5.11. The van der Waals surface area contributed by atoms with Crippen LogP contribution in [0.2, 0.25) is 0 Å². The molecule has 2 heteroatoms. The molecule has 0 atom stereocenters. The van der Waals surface area contributed by atoms with Crippen molar-refractivity contribution in [2.24, 2.45) is 0 Å². The van der Waals surface area contributed by atoms with Gasteiger partial charge in [0.1, 0.15) is 0 Å². The first kappa shape index (κ1) is 12.9. The molecule has 1 aliphatic rings. The van der Waals surface area contributed by atoms with E-state index in [0.717, 1.165) is 19.5 Å². The highest BCUT2D eigenvalue weighted by Crippen LogP contribution is 2.16. The van der Waals surface area contributed by atoms with E-state index in [1.807, 2.05) is 0 Å². The van der Waals surface area contributed by atoms with Crippen LogP contribution in [-0.2, 0) is 0 Å². The maximum atomic E-state index is 2.34. The van der Waals surface area contributed by atoms with E-state index < -0.39 is 0 Å². The van der Waals surface area contributed by atoms with Gasteiger partial charge < -0.3 is 9.80 Å². The van der Waals surface area contributed by atoms with Crippen LogP contribution in [0.1, 0.15) is 12.0 Å². The molecule has 0 saturated heterocycles. The molecule has 1 aromatic carbocycles. The topological polar surface area (TPSA) is 6.48 Å². The SMILES string of the molecule is CN1CC=C(/C=C/c2ccc(N(C)C)cc2)CC1. The number of nitrogens with zero attached hydrogens (tertiary/aromatic N) is 2. The zero-order chi connectivity index (χ0) is 13.0. The minimum atomic E-state index is 1.07. The van der Waals surface area contributed by atoms with Gasteiger partial charge in [0.25, 0.3) is 0 Å². The van der Waals surface area contributed by atoms with Crippen molar-refractivity contribution in [2.45, 2.75) is 6.42 Å². The second-order valence-corrected chi connectivity index (χ2v) is 5.11. The summed E-state index contributed by atoms with van der Waals surface area (Å²) in [5.74, 6) is 0. The van der Waals surface area contributed by atoms with Crippen LogP contribution in [0, 0.1) is 0 Å². The number of rotatable bonds is 3. The first-order valence-electron chi connectivity index (χ1n) is 6.48. The Morgan fingerprint density at radius 2 is 1.83 bits per heavy atom. The monoisotopic (exact) mass is 242 g/mol. The molecule has 0 saturated carbocycles. The smallest absolute Gasteiger partial charge is 0.0361 e. The molecule has 2 rings (SSSR count). The number of benzene rings is 1. The Morgan fingerprint density at radius 1 is 1.11 bits per heavy atom. The Morgan fingerprint density at radius 3 is 2.39 bits per heavy atom. The van der Waals surface area contributed by atoms with Gasteiger partial charge in [0.05, 0.1) is 0 Å². The maximum Gasteiger partial charge on any atom is 0.0361 e. The molecule has 0 unspecified atom stereocenters. The highest BCUT2D eigenvalue weighted by Gasteiger charge is 2.04. The van der Waals surface area contributed by atoms with Crippen molar-refractivity contribution in [1.82, 2.24) is 4.90 Å². The van der Waals surface area contributed by atoms with Crippen molar-refractivity contribution >= 4 is 11.8 Å². The molecule has 1 heterocycles. The summed E-state index contributed by atoms with van der Waals surface area (Å²) in [5, 5.41) is 0. The molecule has 1 aliphatic heterocycles. The zero-order valence-electron chi connectivity index (χ0n) is 11.6. The summed E-state index contributed by atoms with van der Waals surface area (Å²) in [6.45, 7) is 2.23. The van der Waals surface area contributed by atoms with Crippen molar-refractivity contribution in [1.29, 1.82) is 0 Å². The lowest BCUT2D eigenvalue weighted by molar-refractivity contribution is 0.361. The van der Waals surface area contributed by atoms with Crippen LogP contribution in [-0.4, -0.2) is 39.1 Å². The van der Waals surface area contributed by atoms with Crippen LogP contribution in [0.25, 0.3) is 6.08 Å². The van der Waals surface area contributed by atoms with Gasteiger partial charge in [0, 0.05) is 32.9 Å². The molecule has 0 bridgehead atoms. The van der Waals surface area contributed by atoms with Gasteiger partial charge in [0.2, 0.25) is 0 Å². The minimum absolute atomic E-state index is 1.07. The number of anilines is 1. The molecule has 2 nitrogen and oxygen atoms in total. The summed E-state index contributed by atoms with van der Waals surface area (Å²) in [6.07, 6.45) is 7.92. The van der Waals surface area contributed by atoms with E-state index in [1.165, 1.54) is 16.8 Å². The highest BCUT2D eigenvalue weighted by atomic mass is 15.1. The third kappa shape index (κ3) is 3.47. The lowest BCUT2D eigenvalue weighted by Gasteiger charge is -2.20. The predicted molar refractivity (Wildman–Crippen MR) is 80.0 cm³/mol. The third-order valence-electron chi connectivity index (χ3n) is 3.35. The first-order valence-corrected chi connectivity index (χ1v) is 6.48. The highest BCUT2D eigenvalue weighted by molar-refractivity contribution is 5.57. The van der Waals surface area contributed by atoms with E-state index in [-0.39, 0.29) is 0 Å². The van der Waals surface area contributed by atoms with Gasteiger partial charge in [-0.2, -0.15) is 0 Å². The van der Waals surface area contributed by atoms with Gasteiger partial charge in [-0.1, -0.05) is 30.4 Å². The predicted octanol–water partition coefficient (Wildman–Crippen LogP) is 3.03. The van der Waals surface area contributed by atoms with Crippen molar-refractivity contribution in [3.05, 3.63) is 47.6 Å². The van der Waals surface area contributed by atoms with E-state index in [1.54, 1.807) is 0 Å². The van der Waals surface area contributed by atoms with Crippen LogP contribution in [0.15, 0.2) is 42.0 Å². The molecule has 0 spiro atoms. The van der Waals surface area contributed by atoms with E-state index in [0.29, 0.717) is 0 Å². The normalized spacial score (nSPS) is 16.9. The number of hydrogen-bond donors (Lipinski definition) is 0. The molecule has 0 aromatic heterocycles. The summed E-state index contributed by atoms with van der Waals surface area (Å²) in [6, 6.07) is 8.65. The lowest BCUT2D eigenvalue weighted by atomic mass is 10.1. The number of hydrogen-bond acceptors (Lipinski definition) is 2. The van der Waals surface area contributed by atoms with Crippen LogP contribution in [0.5, 0.6) is 0 Å². The quantitative estimate of drug-likeness (QED) is 0.804. The molecule has 0 radical (unpaired) electrons. The molecule has 0 N–H and O–H groups in total. The fourth-order valence-electron chi connectivity index (χ4n) is 2.02. The Hall–Kier alpha value is -1.54. The minimum Gasteiger partial charge on any atom is -0.378 e. The summed E-state index contributed by atoms with van der Waals surface area (Å²) >= 11 is 0. The van der Waals surface area contributed by atoms with E-state index in [2.05, 4.69) is 73.4 Å². The Balaban J connectivity index is 2.01. The van der Waals surface area contributed by atoms with Crippen LogP contribution >= 0.6 is 0 Å². The van der Waals surface area contributed by atoms with Crippen molar-refractivity contribution < 1.29 is 0 Å². The average molecular weight is 242 g/mol. The second kappa shape index (κ2) is 5.87. The number of allylic oxidation sites excluding steroid dienone is 1. The van der Waals surface area contributed by atoms with Gasteiger partial charge in [0.15, 0.2) is 0 Å². The largest absolute Gasteiger partial charge is 0.378 e. The Kier molecular flexibility index (Phi) is 4.21. The van der Waals surface area contributed by atoms with Gasteiger partial charge in [-0.25, -0.2) is 0 Å². The van der Waals surface area contributed by atoms with Crippen molar-refractivity contribution in [2.75, 3.05) is 39.1 Å². The first-order chi connectivity index (χ1) is 8.65.